The van der Waals surface area contributed by atoms with Crippen molar-refractivity contribution >= 4 is 22.1 Å². The topological polar surface area (TPSA) is 167 Å². The summed E-state index contributed by atoms with van der Waals surface area (Å²) in [5.74, 6) is -0.961. The van der Waals surface area contributed by atoms with Gasteiger partial charge in [-0.25, -0.2) is 22.6 Å². The van der Waals surface area contributed by atoms with E-state index in [0.717, 1.165) is 33.5 Å². The Balaban J connectivity index is 1.64. The number of rotatable bonds is 12. The largest absolute Gasteiger partial charge is 0.569 e. The van der Waals surface area contributed by atoms with Gasteiger partial charge in [0.1, 0.15) is 0 Å². The summed E-state index contributed by atoms with van der Waals surface area (Å²) in [6, 6.07) is 12.4. The zero-order chi connectivity index (χ0) is 33.5. The van der Waals surface area contributed by atoms with E-state index in [1.54, 1.807) is 38.1 Å². The van der Waals surface area contributed by atoms with Crippen LogP contribution in [-0.2, 0) is 35.3 Å². The second kappa shape index (κ2) is 14.3. The molecule has 2 aromatic carbocycles. The maximum Gasteiger partial charge on any atom is 0.511 e. The number of benzene rings is 2. The summed E-state index contributed by atoms with van der Waals surface area (Å²) in [4.78, 5) is 28.1. The molecule has 3 rings (SSSR count). The van der Waals surface area contributed by atoms with Gasteiger partial charge in [-0.05, 0) is 51.1 Å². The maximum atomic E-state index is 13.5. The third-order valence-corrected chi connectivity index (χ3v) is 7.19. The van der Waals surface area contributed by atoms with Gasteiger partial charge in [0.05, 0.1) is 47.4 Å². The summed E-state index contributed by atoms with van der Waals surface area (Å²) in [5.41, 5.74) is 0.516. The van der Waals surface area contributed by atoms with E-state index in [1.807, 2.05) is 11.6 Å². The SMILES string of the molecule is Cc1ccc(-c2cc(C(F)(F)F)nn2-c2ccc(S(=O)(=O)NC(=O)CCN(C)[N+]([O-])=NOC(C)OC(=O)OC(C)C)cc2)cc1. The van der Waals surface area contributed by atoms with Gasteiger partial charge in [0.2, 0.25) is 11.2 Å². The highest BCUT2D eigenvalue weighted by Crippen LogP contribution is 2.33. The second-order valence-corrected chi connectivity index (χ2v) is 11.6. The summed E-state index contributed by atoms with van der Waals surface area (Å²) in [6.45, 7) is 6.03. The van der Waals surface area contributed by atoms with Crippen molar-refractivity contribution in [2.75, 3.05) is 13.6 Å². The van der Waals surface area contributed by atoms with Gasteiger partial charge in [-0.1, -0.05) is 29.8 Å². The Morgan fingerprint density at radius 2 is 1.71 bits per heavy atom. The smallest absolute Gasteiger partial charge is 0.511 e. The normalized spacial score (nSPS) is 12.9. The lowest BCUT2D eigenvalue weighted by Crippen LogP contribution is -2.35. The molecule has 244 valence electrons. The van der Waals surface area contributed by atoms with E-state index in [0.29, 0.717) is 5.56 Å². The van der Waals surface area contributed by atoms with Crippen LogP contribution < -0.4 is 4.72 Å². The molecule has 0 fully saturated rings. The van der Waals surface area contributed by atoms with Crippen molar-refractivity contribution in [3.05, 3.63) is 71.1 Å². The molecule has 0 aliphatic carbocycles. The van der Waals surface area contributed by atoms with Gasteiger partial charge in [-0.15, -0.1) is 5.01 Å². The van der Waals surface area contributed by atoms with Gasteiger partial charge < -0.3 is 14.7 Å². The van der Waals surface area contributed by atoms with Crippen LogP contribution in [0.15, 0.2) is 64.8 Å². The number of hydrogen-bond acceptors (Lipinski definition) is 10. The molecule has 45 heavy (non-hydrogen) atoms. The fourth-order valence-electron chi connectivity index (χ4n) is 3.57. The van der Waals surface area contributed by atoms with E-state index >= 15 is 0 Å². The standard InChI is InChI=1S/C27H31F3N6O8S/c1-17(2)42-26(38)43-19(4)44-33-36(39)34(5)15-14-25(37)32-45(40,41)22-12-10-21(11-13-22)35-23(16-24(31-35)27(28,29)30)20-8-6-18(3)7-9-20/h6-13,16-17,19H,14-15H2,1-5H3,(H,32,37). The summed E-state index contributed by atoms with van der Waals surface area (Å²) in [5, 5.41) is 19.8. The number of nitrogens with one attached hydrogen (secondary N) is 1. The van der Waals surface area contributed by atoms with Crippen LogP contribution in [0, 0.1) is 12.1 Å². The highest BCUT2D eigenvalue weighted by Gasteiger charge is 2.35. The van der Waals surface area contributed by atoms with E-state index in [1.165, 1.54) is 26.1 Å². The number of hydrazine groups is 1. The highest BCUT2D eigenvalue weighted by atomic mass is 32.2. The minimum atomic E-state index is -4.72. The Labute approximate surface area is 256 Å². The third-order valence-electron chi connectivity index (χ3n) is 5.80. The van der Waals surface area contributed by atoms with Crippen molar-refractivity contribution in [3.8, 4) is 16.9 Å². The van der Waals surface area contributed by atoms with Crippen LogP contribution in [-0.4, -0.2) is 66.2 Å². The number of carbonyl (C=O) groups is 2. The predicted molar refractivity (Wildman–Crippen MR) is 151 cm³/mol. The van der Waals surface area contributed by atoms with Gasteiger partial charge >= 0.3 is 12.3 Å². The van der Waals surface area contributed by atoms with Crippen LogP contribution >= 0.6 is 0 Å². The zero-order valence-electron chi connectivity index (χ0n) is 24.8. The van der Waals surface area contributed by atoms with Crippen molar-refractivity contribution < 1.29 is 50.5 Å². The van der Waals surface area contributed by atoms with Crippen molar-refractivity contribution in [3.63, 3.8) is 0 Å². The zero-order valence-corrected chi connectivity index (χ0v) is 25.6. The molecule has 0 aliphatic rings. The van der Waals surface area contributed by atoms with Gasteiger partial charge in [-0.2, -0.15) is 18.3 Å². The van der Waals surface area contributed by atoms with E-state index in [-0.39, 0.29) is 27.8 Å². The van der Waals surface area contributed by atoms with E-state index in [9.17, 15) is 36.4 Å². The third kappa shape index (κ3) is 9.82. The minimum Gasteiger partial charge on any atom is -0.569 e. The van der Waals surface area contributed by atoms with Crippen molar-refractivity contribution in [2.45, 2.75) is 57.6 Å². The summed E-state index contributed by atoms with van der Waals surface area (Å²) >= 11 is 0. The number of sulfonamides is 1. The van der Waals surface area contributed by atoms with Gasteiger partial charge in [0.15, 0.2) is 5.69 Å². The average molecular weight is 657 g/mol. The molecule has 3 aromatic rings. The quantitative estimate of drug-likeness (QED) is 0.0948. The number of ether oxygens (including phenoxy) is 2. The number of amides is 1. The molecule has 14 nitrogen and oxygen atoms in total. The lowest BCUT2D eigenvalue weighted by molar-refractivity contribution is -0.707. The first-order chi connectivity index (χ1) is 21.0. The van der Waals surface area contributed by atoms with E-state index in [2.05, 4.69) is 10.4 Å². The molecule has 1 heterocycles. The molecule has 18 heteroatoms. The monoisotopic (exact) mass is 656 g/mol. The number of carbonyl (C=O) groups excluding carboxylic acids is 2. The molecule has 0 saturated heterocycles. The Morgan fingerprint density at radius 1 is 1.09 bits per heavy atom. The summed E-state index contributed by atoms with van der Waals surface area (Å²) < 4.78 is 78.4. The molecule has 1 atom stereocenters. The Kier molecular flexibility index (Phi) is 11.0. The molecular weight excluding hydrogens is 625 g/mol. The van der Waals surface area contributed by atoms with Crippen LogP contribution in [0.25, 0.3) is 16.9 Å². The van der Waals surface area contributed by atoms with E-state index < -0.39 is 52.8 Å². The van der Waals surface area contributed by atoms with Crippen molar-refractivity contribution in [1.29, 1.82) is 0 Å². The molecule has 0 bridgehead atoms. The molecule has 1 aromatic heterocycles. The Hall–Kier alpha value is -4.87. The molecule has 0 saturated carbocycles. The molecule has 1 unspecified atom stereocenters. The number of aryl methyl sites for hydroxylation is 1. The van der Waals surface area contributed by atoms with Crippen LogP contribution in [0.2, 0.25) is 0 Å². The maximum absolute atomic E-state index is 13.5. The summed E-state index contributed by atoms with van der Waals surface area (Å²) in [6.07, 6.45) is -7.91. The van der Waals surface area contributed by atoms with Crippen molar-refractivity contribution in [2.24, 2.45) is 5.28 Å². The highest BCUT2D eigenvalue weighted by molar-refractivity contribution is 7.90. The number of nitrogens with zero attached hydrogens (tertiary/aromatic N) is 5. The molecular formula is C27H31F3N6O8S. The van der Waals surface area contributed by atoms with Crippen LogP contribution in [0.1, 0.15) is 38.4 Å². The van der Waals surface area contributed by atoms with Crippen molar-refractivity contribution in [1.82, 2.24) is 19.5 Å². The first-order valence-electron chi connectivity index (χ1n) is 13.3. The molecule has 1 N–H and O–H groups in total. The first kappa shape index (κ1) is 34.6. The first-order valence-corrected chi connectivity index (χ1v) is 14.8. The minimum absolute atomic E-state index is 0.0432. The van der Waals surface area contributed by atoms with Crippen LogP contribution in [0.4, 0.5) is 18.0 Å². The molecule has 1 amide bonds. The Morgan fingerprint density at radius 3 is 2.29 bits per heavy atom. The fourth-order valence-corrected chi connectivity index (χ4v) is 4.58. The lowest BCUT2D eigenvalue weighted by atomic mass is 10.1. The molecule has 0 aliphatic heterocycles. The van der Waals surface area contributed by atoms with Gasteiger partial charge in [0.25, 0.3) is 16.3 Å². The van der Waals surface area contributed by atoms with Gasteiger partial charge in [-0.3, -0.25) is 9.63 Å². The number of hydrogen-bond donors (Lipinski definition) is 1. The summed E-state index contributed by atoms with van der Waals surface area (Å²) in [7, 11) is -3.14. The number of halogens is 3. The lowest BCUT2D eigenvalue weighted by Gasteiger charge is -2.15. The number of alkyl halides is 3. The number of aromatic nitrogens is 2. The van der Waals surface area contributed by atoms with Crippen LogP contribution in [0.3, 0.4) is 0 Å². The molecule has 0 radical (unpaired) electrons. The Bertz CT molecular complexity index is 1630. The van der Waals surface area contributed by atoms with Gasteiger partial charge in [0, 0.05) is 12.5 Å². The van der Waals surface area contributed by atoms with E-state index in [4.69, 9.17) is 14.3 Å². The second-order valence-electron chi connectivity index (χ2n) is 9.89. The predicted octanol–water partition coefficient (Wildman–Crippen LogP) is 4.71. The molecule has 0 spiro atoms. The fraction of sp³-hybridized carbons (Fsp3) is 0.370. The average Bonchev–Trinajstić information content (AvgIpc) is 3.41. The van der Waals surface area contributed by atoms with Crippen LogP contribution in [0.5, 0.6) is 0 Å².